The molecule has 2 aromatic carbocycles. The summed E-state index contributed by atoms with van der Waals surface area (Å²) in [6, 6.07) is 13.5. The molecule has 2 aromatic rings. The van der Waals surface area contributed by atoms with Crippen LogP contribution >= 0.6 is 0 Å². The molecule has 0 radical (unpaired) electrons. The molecule has 1 aliphatic heterocycles. The lowest BCUT2D eigenvalue weighted by molar-refractivity contribution is -0.117. The average Bonchev–Trinajstić information content (AvgIpc) is 2.77. The van der Waals surface area contributed by atoms with Crippen LogP contribution in [0.2, 0.25) is 0 Å². The highest BCUT2D eigenvalue weighted by atomic mass is 32.2. The summed E-state index contributed by atoms with van der Waals surface area (Å²) in [7, 11) is -3.57. The SMILES string of the molecule is CCN(CC)S(=O)(=O)c1ccc(C)c(NC(=O)CN2CCN(Cc3cccc(C)c3)CC2)c1. The van der Waals surface area contributed by atoms with E-state index in [0.717, 1.165) is 38.3 Å². The van der Waals surface area contributed by atoms with E-state index in [1.165, 1.54) is 15.4 Å². The molecule has 0 atom stereocenters. The van der Waals surface area contributed by atoms with Gasteiger partial charge < -0.3 is 5.32 Å². The van der Waals surface area contributed by atoms with Crippen LogP contribution in [0, 0.1) is 13.8 Å². The monoisotopic (exact) mass is 472 g/mol. The number of piperazine rings is 1. The van der Waals surface area contributed by atoms with Crippen LogP contribution in [-0.4, -0.2) is 74.2 Å². The normalized spacial score (nSPS) is 15.7. The van der Waals surface area contributed by atoms with Gasteiger partial charge in [0.1, 0.15) is 0 Å². The van der Waals surface area contributed by atoms with Gasteiger partial charge in [-0.3, -0.25) is 14.6 Å². The molecule has 0 spiro atoms. The Balaban J connectivity index is 1.56. The minimum Gasteiger partial charge on any atom is -0.325 e. The van der Waals surface area contributed by atoms with Crippen LogP contribution < -0.4 is 5.32 Å². The molecule has 1 heterocycles. The van der Waals surface area contributed by atoms with E-state index in [2.05, 4.69) is 46.3 Å². The minimum absolute atomic E-state index is 0.123. The van der Waals surface area contributed by atoms with Crippen molar-refractivity contribution in [3.63, 3.8) is 0 Å². The number of carbonyl (C=O) groups excluding carboxylic acids is 1. The number of benzene rings is 2. The smallest absolute Gasteiger partial charge is 0.243 e. The maximum atomic E-state index is 12.8. The topological polar surface area (TPSA) is 73.0 Å². The number of carbonyl (C=O) groups is 1. The summed E-state index contributed by atoms with van der Waals surface area (Å²) < 4.78 is 27.1. The first-order valence-corrected chi connectivity index (χ1v) is 13.1. The summed E-state index contributed by atoms with van der Waals surface area (Å²) in [5.41, 5.74) is 3.97. The fraction of sp³-hybridized carbons (Fsp3) is 0.480. The number of nitrogens with zero attached hydrogens (tertiary/aromatic N) is 3. The average molecular weight is 473 g/mol. The van der Waals surface area contributed by atoms with Gasteiger partial charge in [-0.05, 0) is 37.1 Å². The summed E-state index contributed by atoms with van der Waals surface area (Å²) in [5, 5.41) is 2.93. The van der Waals surface area contributed by atoms with Gasteiger partial charge in [0.25, 0.3) is 0 Å². The molecule has 1 saturated heterocycles. The first kappa shape index (κ1) is 25.4. The van der Waals surface area contributed by atoms with Crippen LogP contribution in [0.4, 0.5) is 5.69 Å². The Morgan fingerprint density at radius 2 is 1.64 bits per heavy atom. The van der Waals surface area contributed by atoms with E-state index >= 15 is 0 Å². The second-order valence-electron chi connectivity index (χ2n) is 8.66. The minimum atomic E-state index is -3.57. The molecule has 0 aromatic heterocycles. The second-order valence-corrected chi connectivity index (χ2v) is 10.6. The Hall–Kier alpha value is -2.26. The van der Waals surface area contributed by atoms with Gasteiger partial charge in [0.2, 0.25) is 15.9 Å². The summed E-state index contributed by atoms with van der Waals surface area (Å²) in [4.78, 5) is 17.5. The number of nitrogens with one attached hydrogen (secondary N) is 1. The van der Waals surface area contributed by atoms with Crippen molar-refractivity contribution in [2.24, 2.45) is 0 Å². The van der Waals surface area contributed by atoms with Crippen LogP contribution in [0.1, 0.15) is 30.5 Å². The van der Waals surface area contributed by atoms with Gasteiger partial charge >= 0.3 is 0 Å². The predicted molar refractivity (Wildman–Crippen MR) is 133 cm³/mol. The van der Waals surface area contributed by atoms with Gasteiger partial charge in [-0.1, -0.05) is 49.7 Å². The lowest BCUT2D eigenvalue weighted by Gasteiger charge is -2.34. The van der Waals surface area contributed by atoms with Crippen molar-refractivity contribution in [1.29, 1.82) is 0 Å². The molecule has 8 heteroatoms. The van der Waals surface area contributed by atoms with E-state index in [4.69, 9.17) is 0 Å². The predicted octanol–water partition coefficient (Wildman–Crippen LogP) is 3.09. The maximum absolute atomic E-state index is 12.8. The van der Waals surface area contributed by atoms with Gasteiger partial charge in [0, 0.05) is 51.5 Å². The number of amides is 1. The van der Waals surface area contributed by atoms with Crippen molar-refractivity contribution in [3.05, 3.63) is 59.2 Å². The maximum Gasteiger partial charge on any atom is 0.243 e. The summed E-state index contributed by atoms with van der Waals surface area (Å²) in [5.74, 6) is -0.123. The van der Waals surface area contributed by atoms with Gasteiger partial charge in [-0.2, -0.15) is 4.31 Å². The number of hydrogen-bond donors (Lipinski definition) is 1. The van der Waals surface area contributed by atoms with Crippen LogP contribution in [0.3, 0.4) is 0 Å². The van der Waals surface area contributed by atoms with Gasteiger partial charge in [-0.15, -0.1) is 0 Å². The number of hydrogen-bond acceptors (Lipinski definition) is 5. The molecule has 7 nitrogen and oxygen atoms in total. The molecular weight excluding hydrogens is 436 g/mol. The molecular formula is C25H36N4O3S. The van der Waals surface area contributed by atoms with Gasteiger partial charge in [0.15, 0.2) is 0 Å². The first-order chi connectivity index (χ1) is 15.7. The zero-order chi connectivity index (χ0) is 24.0. The molecule has 1 N–H and O–H groups in total. The van der Waals surface area contributed by atoms with E-state index in [0.29, 0.717) is 25.3 Å². The number of rotatable bonds is 9. The third-order valence-corrected chi connectivity index (χ3v) is 8.19. The van der Waals surface area contributed by atoms with E-state index in [1.807, 2.05) is 20.8 Å². The highest BCUT2D eigenvalue weighted by Crippen LogP contribution is 2.23. The zero-order valence-electron chi connectivity index (χ0n) is 20.2. The Bertz CT molecular complexity index is 1060. The van der Waals surface area contributed by atoms with E-state index < -0.39 is 10.0 Å². The van der Waals surface area contributed by atoms with Gasteiger partial charge in [0.05, 0.1) is 11.4 Å². The molecule has 1 amide bonds. The van der Waals surface area contributed by atoms with Crippen LogP contribution in [0.15, 0.2) is 47.4 Å². The first-order valence-electron chi connectivity index (χ1n) is 11.6. The van der Waals surface area contributed by atoms with Crippen molar-refractivity contribution in [2.75, 3.05) is 51.1 Å². The second kappa shape index (κ2) is 11.2. The molecule has 180 valence electrons. The number of sulfonamides is 1. The van der Waals surface area contributed by atoms with Crippen molar-refractivity contribution in [2.45, 2.75) is 39.1 Å². The Kier molecular flexibility index (Phi) is 8.64. The molecule has 0 aliphatic carbocycles. The molecule has 1 fully saturated rings. The largest absolute Gasteiger partial charge is 0.325 e. The molecule has 0 unspecified atom stereocenters. The number of aryl methyl sites for hydroxylation is 2. The summed E-state index contributed by atoms with van der Waals surface area (Å²) in [6.07, 6.45) is 0. The molecule has 3 rings (SSSR count). The Morgan fingerprint density at radius 1 is 0.970 bits per heavy atom. The van der Waals surface area contributed by atoms with Crippen molar-refractivity contribution >= 4 is 21.6 Å². The highest BCUT2D eigenvalue weighted by Gasteiger charge is 2.23. The van der Waals surface area contributed by atoms with E-state index in [1.54, 1.807) is 18.2 Å². The van der Waals surface area contributed by atoms with Crippen molar-refractivity contribution in [3.8, 4) is 0 Å². The lowest BCUT2D eigenvalue weighted by Crippen LogP contribution is -2.48. The standard InChI is InChI=1S/C25H36N4O3S/c1-5-29(6-2)33(31,32)23-11-10-21(4)24(17-23)26-25(30)19-28-14-12-27(13-15-28)18-22-9-7-8-20(3)16-22/h7-11,16-17H,5-6,12-15,18-19H2,1-4H3,(H,26,30). The zero-order valence-corrected chi connectivity index (χ0v) is 21.0. The quantitative estimate of drug-likeness (QED) is 0.607. The Morgan fingerprint density at radius 3 is 2.27 bits per heavy atom. The molecule has 33 heavy (non-hydrogen) atoms. The fourth-order valence-corrected chi connectivity index (χ4v) is 5.66. The highest BCUT2D eigenvalue weighted by molar-refractivity contribution is 7.89. The third kappa shape index (κ3) is 6.63. The van der Waals surface area contributed by atoms with Crippen LogP contribution in [-0.2, 0) is 21.4 Å². The Labute approximate surface area is 198 Å². The number of anilines is 1. The van der Waals surface area contributed by atoms with Crippen LogP contribution in [0.5, 0.6) is 0 Å². The van der Waals surface area contributed by atoms with E-state index in [9.17, 15) is 13.2 Å². The third-order valence-electron chi connectivity index (χ3n) is 6.15. The van der Waals surface area contributed by atoms with Crippen molar-refractivity contribution in [1.82, 2.24) is 14.1 Å². The fourth-order valence-electron chi connectivity index (χ4n) is 4.18. The molecule has 0 saturated carbocycles. The summed E-state index contributed by atoms with van der Waals surface area (Å²) >= 11 is 0. The van der Waals surface area contributed by atoms with Crippen molar-refractivity contribution < 1.29 is 13.2 Å². The van der Waals surface area contributed by atoms with Gasteiger partial charge in [-0.25, -0.2) is 8.42 Å². The molecule has 1 aliphatic rings. The molecule has 0 bridgehead atoms. The van der Waals surface area contributed by atoms with E-state index in [-0.39, 0.29) is 10.8 Å². The lowest BCUT2D eigenvalue weighted by atomic mass is 10.1. The van der Waals surface area contributed by atoms with Crippen LogP contribution in [0.25, 0.3) is 0 Å². The summed E-state index contributed by atoms with van der Waals surface area (Å²) in [6.45, 7) is 13.1.